The molecule has 3 aromatic carbocycles. The topological polar surface area (TPSA) is 253 Å². The molecule has 0 aromatic heterocycles. The van der Waals surface area contributed by atoms with Gasteiger partial charge in [0, 0.05) is 21.0 Å². The number of phenols is 3. The van der Waals surface area contributed by atoms with Crippen LogP contribution in [-0.2, 0) is 10.1 Å². The first-order chi connectivity index (χ1) is 18.5. The maximum atomic E-state index is 13.1. The third kappa shape index (κ3) is 4.56. The number of allylic oxidation sites excluding steroid dienone is 2. The van der Waals surface area contributed by atoms with E-state index in [1.165, 1.54) is 0 Å². The Hall–Kier alpha value is -5.82. The van der Waals surface area contributed by atoms with Crippen LogP contribution in [0.1, 0.15) is 36.6 Å². The highest BCUT2D eigenvalue weighted by atomic mass is 32.2. The summed E-state index contributed by atoms with van der Waals surface area (Å²) in [5.41, 5.74) is 14.3. The first-order valence-electron chi connectivity index (χ1n) is 10.4. The fraction of sp³-hybridized carbons (Fsp3) is 0. The Morgan fingerprint density at radius 3 is 2.05 bits per heavy atom. The first-order valence-corrected chi connectivity index (χ1v) is 11.8. The van der Waals surface area contributed by atoms with Crippen LogP contribution in [0.25, 0.3) is 20.9 Å². The summed E-state index contributed by atoms with van der Waals surface area (Å²) in [7, 11) is -4.80. The van der Waals surface area contributed by atoms with Crippen LogP contribution < -0.4 is 4.18 Å². The Balaban J connectivity index is 1.69. The second-order valence-electron chi connectivity index (χ2n) is 7.63. The highest BCUT2D eigenvalue weighted by molar-refractivity contribution is 7.87. The smallest absolute Gasteiger partial charge is 0.339 e. The zero-order chi connectivity index (χ0) is 28.5. The Morgan fingerprint density at radius 1 is 0.821 bits per heavy atom. The standard InChI is InChI=1S/C23H12N6O9S/c24-28-26-17-18(27-29-25)23(35)16-12(20(17)32)2-1-3-15(16)39(36,37)38-11-6-4-10(5-7-11)19(31)13-8-9-14(30)22(34)21(13)33/h1-9,30,33-34H. The molecular formula is C23H12N6O9S. The van der Waals surface area contributed by atoms with Gasteiger partial charge in [0.15, 0.2) is 28.8 Å². The molecule has 1 aliphatic carbocycles. The summed E-state index contributed by atoms with van der Waals surface area (Å²) in [5.74, 6) is -5.70. The minimum absolute atomic E-state index is 0.0484. The van der Waals surface area contributed by atoms with Crippen molar-refractivity contribution in [3.63, 3.8) is 0 Å². The molecule has 0 amide bonds. The lowest BCUT2D eigenvalue weighted by molar-refractivity contribution is 0.0970. The quantitative estimate of drug-likeness (QED) is 0.0960. The second kappa shape index (κ2) is 9.91. The highest BCUT2D eigenvalue weighted by Crippen LogP contribution is 2.38. The summed E-state index contributed by atoms with van der Waals surface area (Å²) in [6, 6.07) is 9.80. The van der Waals surface area contributed by atoms with Crippen LogP contribution in [-0.4, -0.2) is 41.1 Å². The van der Waals surface area contributed by atoms with E-state index >= 15 is 0 Å². The molecule has 0 bridgehead atoms. The van der Waals surface area contributed by atoms with Crippen molar-refractivity contribution in [2.45, 2.75) is 4.90 Å². The average molecular weight is 548 g/mol. The van der Waals surface area contributed by atoms with Gasteiger partial charge in [-0.15, -0.1) is 0 Å². The fourth-order valence-corrected chi connectivity index (χ4v) is 4.79. The number of hydrogen-bond acceptors (Lipinski definition) is 11. The van der Waals surface area contributed by atoms with Gasteiger partial charge in [0.2, 0.25) is 5.75 Å². The third-order valence-electron chi connectivity index (χ3n) is 5.41. The normalized spacial score (nSPS) is 12.7. The van der Waals surface area contributed by atoms with Crippen molar-refractivity contribution >= 4 is 27.5 Å². The number of carbonyl (C=O) groups is 3. The van der Waals surface area contributed by atoms with Crippen LogP contribution in [0.15, 0.2) is 81.1 Å². The number of azide groups is 2. The molecule has 0 atom stereocenters. The molecule has 0 radical (unpaired) electrons. The van der Waals surface area contributed by atoms with Crippen LogP contribution in [0.5, 0.6) is 23.0 Å². The van der Waals surface area contributed by atoms with Gasteiger partial charge in [0.05, 0.1) is 22.5 Å². The van der Waals surface area contributed by atoms with E-state index in [1.807, 2.05) is 0 Å². The van der Waals surface area contributed by atoms with Gasteiger partial charge in [0.25, 0.3) is 0 Å². The molecule has 0 heterocycles. The lowest BCUT2D eigenvalue weighted by Crippen LogP contribution is -2.24. The van der Waals surface area contributed by atoms with Crippen LogP contribution in [0, 0.1) is 0 Å². The number of nitrogens with zero attached hydrogens (tertiary/aromatic N) is 6. The molecule has 3 N–H and O–H groups in total. The largest absolute Gasteiger partial charge is 0.504 e. The van der Waals surface area contributed by atoms with Gasteiger partial charge in [0.1, 0.15) is 10.6 Å². The maximum absolute atomic E-state index is 13.1. The summed E-state index contributed by atoms with van der Waals surface area (Å²) in [5, 5.41) is 35.2. The summed E-state index contributed by atoms with van der Waals surface area (Å²) < 4.78 is 31.3. The predicted octanol–water partition coefficient (Wildman–Crippen LogP) is 4.01. The van der Waals surface area contributed by atoms with E-state index in [0.717, 1.165) is 54.6 Å². The van der Waals surface area contributed by atoms with Gasteiger partial charge < -0.3 is 19.5 Å². The van der Waals surface area contributed by atoms with Crippen LogP contribution in [0.2, 0.25) is 0 Å². The number of phenolic OH excluding ortho intramolecular Hbond substituents is 3. The lowest BCUT2D eigenvalue weighted by atomic mass is 9.90. The van der Waals surface area contributed by atoms with Crippen molar-refractivity contribution in [2.24, 2.45) is 10.2 Å². The van der Waals surface area contributed by atoms with Gasteiger partial charge in [-0.1, -0.05) is 22.4 Å². The summed E-state index contributed by atoms with van der Waals surface area (Å²) in [6.45, 7) is 0. The zero-order valence-electron chi connectivity index (χ0n) is 19.1. The van der Waals surface area contributed by atoms with Crippen molar-refractivity contribution in [1.82, 2.24) is 0 Å². The van der Waals surface area contributed by atoms with Crippen LogP contribution >= 0.6 is 0 Å². The van der Waals surface area contributed by atoms with E-state index < -0.39 is 72.1 Å². The molecule has 0 saturated heterocycles. The van der Waals surface area contributed by atoms with E-state index in [9.17, 15) is 38.1 Å². The molecule has 194 valence electrons. The van der Waals surface area contributed by atoms with E-state index in [2.05, 4.69) is 20.1 Å². The Kier molecular flexibility index (Phi) is 6.67. The molecule has 0 fully saturated rings. The number of rotatable bonds is 7. The van der Waals surface area contributed by atoms with Gasteiger partial charge in [-0.25, -0.2) is 0 Å². The minimum atomic E-state index is -4.80. The number of carbonyl (C=O) groups excluding carboxylic acids is 3. The van der Waals surface area contributed by atoms with E-state index in [-0.39, 0.29) is 16.9 Å². The van der Waals surface area contributed by atoms with Gasteiger partial charge in [-0.2, -0.15) is 8.42 Å². The molecule has 0 unspecified atom stereocenters. The van der Waals surface area contributed by atoms with Gasteiger partial charge in [-0.05, 0) is 53.5 Å². The van der Waals surface area contributed by atoms with Gasteiger partial charge >= 0.3 is 10.1 Å². The summed E-state index contributed by atoms with van der Waals surface area (Å²) in [6.07, 6.45) is 0. The monoisotopic (exact) mass is 548 g/mol. The second-order valence-corrected chi connectivity index (χ2v) is 9.15. The summed E-state index contributed by atoms with van der Waals surface area (Å²) in [4.78, 5) is 42.6. The molecule has 39 heavy (non-hydrogen) atoms. The molecular weight excluding hydrogens is 536 g/mol. The molecule has 1 aliphatic rings. The Labute approximate surface area is 217 Å². The number of Topliss-reactive ketones (excluding diaryl/α,β-unsaturated/α-hetero) is 2. The number of aromatic hydroxyl groups is 3. The predicted molar refractivity (Wildman–Crippen MR) is 130 cm³/mol. The fourth-order valence-electron chi connectivity index (χ4n) is 3.64. The average Bonchev–Trinajstić information content (AvgIpc) is 2.92. The zero-order valence-corrected chi connectivity index (χ0v) is 19.9. The number of ketones is 3. The van der Waals surface area contributed by atoms with E-state index in [1.54, 1.807) is 0 Å². The molecule has 0 spiro atoms. The first kappa shape index (κ1) is 26.2. The maximum Gasteiger partial charge on any atom is 0.339 e. The molecule has 4 rings (SSSR count). The van der Waals surface area contributed by atoms with Crippen molar-refractivity contribution in [2.75, 3.05) is 0 Å². The van der Waals surface area contributed by atoms with Crippen molar-refractivity contribution in [1.29, 1.82) is 0 Å². The summed E-state index contributed by atoms with van der Waals surface area (Å²) >= 11 is 0. The van der Waals surface area contributed by atoms with Crippen molar-refractivity contribution in [3.05, 3.63) is 109 Å². The Morgan fingerprint density at radius 2 is 1.44 bits per heavy atom. The number of hydrogen-bond donors (Lipinski definition) is 3. The minimum Gasteiger partial charge on any atom is -0.504 e. The number of benzene rings is 3. The molecule has 0 aliphatic heterocycles. The van der Waals surface area contributed by atoms with Crippen molar-refractivity contribution in [3.8, 4) is 23.0 Å². The molecule has 16 heteroatoms. The molecule has 3 aromatic rings. The van der Waals surface area contributed by atoms with Crippen molar-refractivity contribution < 1.29 is 42.3 Å². The van der Waals surface area contributed by atoms with Crippen LogP contribution in [0.4, 0.5) is 0 Å². The Bertz CT molecular complexity index is 1840. The lowest BCUT2D eigenvalue weighted by Gasteiger charge is -2.19. The molecule has 0 saturated carbocycles. The van der Waals surface area contributed by atoms with Crippen LogP contribution in [0.3, 0.4) is 0 Å². The number of fused-ring (bicyclic) bond motifs is 1. The van der Waals surface area contributed by atoms with Gasteiger partial charge in [-0.3, -0.25) is 14.4 Å². The highest BCUT2D eigenvalue weighted by Gasteiger charge is 2.37. The third-order valence-corrected chi connectivity index (χ3v) is 6.70. The SMILES string of the molecule is [N-]=[N+]=NC1=C(N=[N+]=[N-])C(=O)c2c(cccc2S(=O)(=O)Oc2ccc(C(=O)c3ccc(O)c(O)c3O)cc2)C1=O. The van der Waals surface area contributed by atoms with E-state index in [0.29, 0.717) is 0 Å². The molecule has 15 nitrogen and oxygen atoms in total. The van der Waals surface area contributed by atoms with E-state index in [4.69, 9.17) is 15.2 Å².